The largest absolute Gasteiger partial charge is 0.493 e. The Bertz CT molecular complexity index is 315. The fourth-order valence-electron chi connectivity index (χ4n) is 1.28. The summed E-state index contributed by atoms with van der Waals surface area (Å²) in [6, 6.07) is 4.03. The highest BCUT2D eigenvalue weighted by atomic mass is 127. The van der Waals surface area contributed by atoms with Gasteiger partial charge >= 0.3 is 0 Å². The van der Waals surface area contributed by atoms with Gasteiger partial charge in [0.2, 0.25) is 0 Å². The summed E-state index contributed by atoms with van der Waals surface area (Å²) >= 11 is 2.23. The average Bonchev–Trinajstić information content (AvgIpc) is 2.17. The zero-order chi connectivity index (χ0) is 10.6. The Hall–Kier alpha value is -0.490. The first kappa shape index (κ1) is 11.6. The van der Waals surface area contributed by atoms with Gasteiger partial charge in [0.05, 0.1) is 17.8 Å². The number of nitrogens with two attached hydrogens (primary N) is 1. The van der Waals surface area contributed by atoms with Crippen LogP contribution in [0.15, 0.2) is 12.1 Å². The molecule has 0 aliphatic carbocycles. The second-order valence-electron chi connectivity index (χ2n) is 2.85. The number of benzene rings is 1. The first-order valence-electron chi connectivity index (χ1n) is 4.33. The summed E-state index contributed by atoms with van der Waals surface area (Å²) in [4.78, 5) is 0. The molecular weight excluding hydrogens is 293 g/mol. The van der Waals surface area contributed by atoms with E-state index in [4.69, 9.17) is 15.2 Å². The molecule has 0 aromatic heterocycles. The van der Waals surface area contributed by atoms with Crippen molar-refractivity contribution in [3.05, 3.63) is 21.3 Å². The minimum Gasteiger partial charge on any atom is -0.493 e. The van der Waals surface area contributed by atoms with Gasteiger partial charge in [0.1, 0.15) is 0 Å². The molecule has 0 fully saturated rings. The number of methoxy groups -OCH3 is 2. The van der Waals surface area contributed by atoms with Crippen molar-refractivity contribution in [1.29, 1.82) is 0 Å². The van der Waals surface area contributed by atoms with E-state index in [1.165, 1.54) is 5.56 Å². The third-order valence-electron chi connectivity index (χ3n) is 1.93. The topological polar surface area (TPSA) is 44.5 Å². The van der Waals surface area contributed by atoms with Crippen LogP contribution in [-0.4, -0.2) is 20.8 Å². The van der Waals surface area contributed by atoms with Crippen LogP contribution in [0, 0.1) is 3.57 Å². The Labute approximate surface area is 97.7 Å². The van der Waals surface area contributed by atoms with Gasteiger partial charge in [0, 0.05) is 0 Å². The lowest BCUT2D eigenvalue weighted by Crippen LogP contribution is -2.04. The first-order valence-corrected chi connectivity index (χ1v) is 5.41. The van der Waals surface area contributed by atoms with Gasteiger partial charge in [-0.05, 0) is 53.3 Å². The Morgan fingerprint density at radius 2 is 2.00 bits per heavy atom. The van der Waals surface area contributed by atoms with Crippen LogP contribution in [0.25, 0.3) is 0 Å². The van der Waals surface area contributed by atoms with Crippen molar-refractivity contribution >= 4 is 22.6 Å². The van der Waals surface area contributed by atoms with Gasteiger partial charge in [-0.15, -0.1) is 0 Å². The highest BCUT2D eigenvalue weighted by molar-refractivity contribution is 14.1. The Morgan fingerprint density at radius 1 is 1.29 bits per heavy atom. The fraction of sp³-hybridized carbons (Fsp3) is 0.400. The minimum absolute atomic E-state index is 0.644. The quantitative estimate of drug-likeness (QED) is 0.863. The molecule has 0 bridgehead atoms. The minimum atomic E-state index is 0.644. The molecule has 0 heterocycles. The van der Waals surface area contributed by atoms with E-state index in [1.54, 1.807) is 14.2 Å². The third kappa shape index (κ3) is 2.51. The molecule has 78 valence electrons. The molecule has 14 heavy (non-hydrogen) atoms. The van der Waals surface area contributed by atoms with Crippen LogP contribution in [0.2, 0.25) is 0 Å². The molecule has 2 N–H and O–H groups in total. The Morgan fingerprint density at radius 3 is 2.50 bits per heavy atom. The lowest BCUT2D eigenvalue weighted by molar-refractivity contribution is 0.352. The molecule has 0 radical (unpaired) electrons. The second kappa shape index (κ2) is 5.41. The van der Waals surface area contributed by atoms with Crippen molar-refractivity contribution in [2.45, 2.75) is 6.42 Å². The first-order chi connectivity index (χ1) is 6.72. The number of rotatable bonds is 4. The van der Waals surface area contributed by atoms with Crippen molar-refractivity contribution in [2.75, 3.05) is 20.8 Å². The van der Waals surface area contributed by atoms with Gasteiger partial charge in [-0.2, -0.15) is 0 Å². The van der Waals surface area contributed by atoms with E-state index in [0.717, 1.165) is 21.5 Å². The Balaban J connectivity index is 3.10. The summed E-state index contributed by atoms with van der Waals surface area (Å²) in [5.41, 5.74) is 6.67. The molecular formula is C10H14INO2. The van der Waals surface area contributed by atoms with Gasteiger partial charge in [-0.1, -0.05) is 0 Å². The summed E-state index contributed by atoms with van der Waals surface area (Å²) in [5.74, 6) is 1.55. The lowest BCUT2D eigenvalue weighted by Gasteiger charge is -2.11. The van der Waals surface area contributed by atoms with Crippen molar-refractivity contribution in [2.24, 2.45) is 5.73 Å². The lowest BCUT2D eigenvalue weighted by atomic mass is 10.1. The molecule has 3 nitrogen and oxygen atoms in total. The summed E-state index contributed by atoms with van der Waals surface area (Å²) < 4.78 is 11.5. The van der Waals surface area contributed by atoms with Crippen LogP contribution in [0.4, 0.5) is 0 Å². The molecule has 1 rings (SSSR count). The van der Waals surface area contributed by atoms with E-state index in [-0.39, 0.29) is 0 Å². The van der Waals surface area contributed by atoms with Crippen LogP contribution in [0.3, 0.4) is 0 Å². The van der Waals surface area contributed by atoms with Crippen molar-refractivity contribution < 1.29 is 9.47 Å². The average molecular weight is 307 g/mol. The predicted molar refractivity (Wildman–Crippen MR) is 65.0 cm³/mol. The zero-order valence-corrected chi connectivity index (χ0v) is 10.5. The molecule has 0 spiro atoms. The number of hydrogen-bond donors (Lipinski definition) is 1. The van der Waals surface area contributed by atoms with Gasteiger partial charge < -0.3 is 15.2 Å². The molecule has 0 aliphatic rings. The van der Waals surface area contributed by atoms with Crippen LogP contribution in [0.1, 0.15) is 5.56 Å². The fourth-order valence-corrected chi connectivity index (χ4v) is 2.17. The van der Waals surface area contributed by atoms with Crippen LogP contribution >= 0.6 is 22.6 Å². The molecule has 0 aliphatic heterocycles. The van der Waals surface area contributed by atoms with E-state index >= 15 is 0 Å². The highest BCUT2D eigenvalue weighted by Gasteiger charge is 2.09. The smallest absolute Gasteiger partial charge is 0.174 e. The predicted octanol–water partition coefficient (Wildman–Crippen LogP) is 1.81. The van der Waals surface area contributed by atoms with Crippen LogP contribution in [-0.2, 0) is 6.42 Å². The molecule has 1 aromatic rings. The van der Waals surface area contributed by atoms with Crippen molar-refractivity contribution in [1.82, 2.24) is 0 Å². The van der Waals surface area contributed by atoms with E-state index in [9.17, 15) is 0 Å². The molecule has 0 atom stereocenters. The summed E-state index contributed by atoms with van der Waals surface area (Å²) in [6.45, 7) is 0.644. The molecule has 0 saturated carbocycles. The normalized spacial score (nSPS) is 10.0. The number of ether oxygens (including phenoxy) is 2. The second-order valence-corrected chi connectivity index (χ2v) is 4.01. The van der Waals surface area contributed by atoms with Gasteiger partial charge in [0.25, 0.3) is 0 Å². The molecule has 0 unspecified atom stereocenters. The number of hydrogen-bond acceptors (Lipinski definition) is 3. The maximum Gasteiger partial charge on any atom is 0.174 e. The van der Waals surface area contributed by atoms with E-state index < -0.39 is 0 Å². The number of halogens is 1. The van der Waals surface area contributed by atoms with Gasteiger partial charge in [-0.3, -0.25) is 0 Å². The SMILES string of the molecule is COc1cc(CCN)cc(I)c1OC. The summed E-state index contributed by atoms with van der Waals surface area (Å²) in [7, 11) is 3.28. The van der Waals surface area contributed by atoms with Gasteiger partial charge in [0.15, 0.2) is 11.5 Å². The van der Waals surface area contributed by atoms with E-state index in [2.05, 4.69) is 28.7 Å². The molecule has 0 amide bonds. The maximum absolute atomic E-state index is 5.50. The molecule has 0 saturated heterocycles. The molecule has 4 heteroatoms. The van der Waals surface area contributed by atoms with Crippen molar-refractivity contribution in [3.8, 4) is 11.5 Å². The van der Waals surface area contributed by atoms with Gasteiger partial charge in [-0.25, -0.2) is 0 Å². The van der Waals surface area contributed by atoms with Crippen LogP contribution in [0.5, 0.6) is 11.5 Å². The summed E-state index contributed by atoms with van der Waals surface area (Å²) in [5, 5.41) is 0. The maximum atomic E-state index is 5.50. The highest BCUT2D eigenvalue weighted by Crippen LogP contribution is 2.33. The molecule has 1 aromatic carbocycles. The van der Waals surface area contributed by atoms with E-state index in [0.29, 0.717) is 6.54 Å². The standard InChI is InChI=1S/C10H14INO2/c1-13-9-6-7(3-4-12)5-8(11)10(9)14-2/h5-6H,3-4,12H2,1-2H3. The van der Waals surface area contributed by atoms with Crippen LogP contribution < -0.4 is 15.2 Å². The summed E-state index contributed by atoms with van der Waals surface area (Å²) in [6.07, 6.45) is 0.857. The van der Waals surface area contributed by atoms with E-state index in [1.807, 2.05) is 6.07 Å². The third-order valence-corrected chi connectivity index (χ3v) is 2.73. The zero-order valence-electron chi connectivity index (χ0n) is 8.34. The Kier molecular flexibility index (Phi) is 4.47. The monoisotopic (exact) mass is 307 g/mol. The van der Waals surface area contributed by atoms with Crippen molar-refractivity contribution in [3.63, 3.8) is 0 Å².